The molecule has 1 heterocycles. The van der Waals surface area contributed by atoms with Crippen molar-refractivity contribution in [3.63, 3.8) is 0 Å². The predicted molar refractivity (Wildman–Crippen MR) is 88.5 cm³/mol. The van der Waals surface area contributed by atoms with Crippen molar-refractivity contribution in [2.75, 3.05) is 6.54 Å². The molecule has 6 heteroatoms. The Labute approximate surface area is 140 Å². The minimum atomic E-state index is -0.455. The minimum absolute atomic E-state index is 0.204. The van der Waals surface area contributed by atoms with Gasteiger partial charge in [0, 0.05) is 17.3 Å². The third kappa shape index (κ3) is 2.67. The highest BCUT2D eigenvalue weighted by atomic mass is 32.1. The zero-order chi connectivity index (χ0) is 16.0. The van der Waals surface area contributed by atoms with Gasteiger partial charge in [0.05, 0.1) is 5.69 Å². The van der Waals surface area contributed by atoms with E-state index in [1.807, 2.05) is 6.92 Å². The highest BCUT2D eigenvalue weighted by molar-refractivity contribution is 7.11. The summed E-state index contributed by atoms with van der Waals surface area (Å²) in [6.45, 7) is 2.31. The second kappa shape index (κ2) is 5.58. The van der Waals surface area contributed by atoms with Crippen LogP contribution >= 0.6 is 11.3 Å². The lowest BCUT2D eigenvalue weighted by atomic mass is 9.49. The fourth-order valence-corrected chi connectivity index (χ4v) is 6.24. The summed E-state index contributed by atoms with van der Waals surface area (Å²) in [4.78, 5) is 28.3. The fourth-order valence-electron chi connectivity index (χ4n) is 5.41. The fraction of sp³-hybridized carbons (Fsp3) is 0.706. The van der Waals surface area contributed by atoms with Crippen LogP contribution in [-0.4, -0.2) is 23.5 Å². The molecule has 3 amide bonds. The quantitative estimate of drug-likeness (QED) is 0.893. The molecule has 5 rings (SSSR count). The van der Waals surface area contributed by atoms with E-state index >= 15 is 0 Å². The SMILES string of the molecule is CCNC(=O)NC(=O)c1nc(C23CC4CC(CC(C4)C2)C3)cs1. The normalized spacial score (nSPS) is 34.4. The number of hydrogen-bond acceptors (Lipinski definition) is 4. The summed E-state index contributed by atoms with van der Waals surface area (Å²) in [5, 5.41) is 7.37. The van der Waals surface area contributed by atoms with E-state index in [-0.39, 0.29) is 5.41 Å². The molecule has 4 fully saturated rings. The maximum Gasteiger partial charge on any atom is 0.321 e. The van der Waals surface area contributed by atoms with Gasteiger partial charge in [-0.05, 0) is 63.2 Å². The van der Waals surface area contributed by atoms with E-state index < -0.39 is 11.9 Å². The maximum atomic E-state index is 12.1. The number of amides is 3. The molecule has 4 bridgehead atoms. The number of rotatable bonds is 3. The molecule has 0 atom stereocenters. The molecule has 4 aliphatic carbocycles. The molecule has 0 unspecified atom stereocenters. The van der Waals surface area contributed by atoms with Crippen LogP contribution in [0.3, 0.4) is 0 Å². The molecule has 0 spiro atoms. The van der Waals surface area contributed by atoms with Crippen molar-refractivity contribution in [2.24, 2.45) is 17.8 Å². The largest absolute Gasteiger partial charge is 0.338 e. The van der Waals surface area contributed by atoms with Gasteiger partial charge in [0.15, 0.2) is 5.01 Å². The van der Waals surface area contributed by atoms with E-state index in [4.69, 9.17) is 0 Å². The number of carbonyl (C=O) groups excluding carboxylic acids is 2. The van der Waals surface area contributed by atoms with Crippen LogP contribution in [0, 0.1) is 17.8 Å². The summed E-state index contributed by atoms with van der Waals surface area (Å²) in [5.74, 6) is 2.18. The molecule has 0 aliphatic heterocycles. The van der Waals surface area contributed by atoms with Crippen molar-refractivity contribution in [2.45, 2.75) is 50.9 Å². The van der Waals surface area contributed by atoms with Crippen LogP contribution < -0.4 is 10.6 Å². The van der Waals surface area contributed by atoms with Crippen molar-refractivity contribution in [1.29, 1.82) is 0 Å². The number of nitrogens with zero attached hydrogens (tertiary/aromatic N) is 1. The lowest BCUT2D eigenvalue weighted by Gasteiger charge is -2.56. The van der Waals surface area contributed by atoms with E-state index in [9.17, 15) is 9.59 Å². The van der Waals surface area contributed by atoms with Gasteiger partial charge in [-0.1, -0.05) is 0 Å². The standard InChI is InChI=1S/C17H23N3O2S/c1-2-18-16(22)20-14(21)15-19-13(9-23-15)17-6-10-3-11(7-17)5-12(4-10)8-17/h9-12H,2-8H2,1H3,(H2,18,20,21,22). The first-order valence-corrected chi connectivity index (χ1v) is 9.51. The lowest BCUT2D eigenvalue weighted by molar-refractivity contribution is -0.00696. The van der Waals surface area contributed by atoms with Crippen LogP contribution in [0.5, 0.6) is 0 Å². The Morgan fingerprint density at radius 1 is 1.22 bits per heavy atom. The van der Waals surface area contributed by atoms with Crippen LogP contribution in [0.15, 0.2) is 5.38 Å². The number of aromatic nitrogens is 1. The molecule has 0 saturated heterocycles. The molecule has 5 nitrogen and oxygen atoms in total. The topological polar surface area (TPSA) is 71.1 Å². The minimum Gasteiger partial charge on any atom is -0.338 e. The Morgan fingerprint density at radius 3 is 2.39 bits per heavy atom. The van der Waals surface area contributed by atoms with Crippen LogP contribution in [0.4, 0.5) is 4.79 Å². The van der Waals surface area contributed by atoms with E-state index in [0.717, 1.165) is 23.4 Å². The Bertz CT molecular complexity index is 604. The summed E-state index contributed by atoms with van der Waals surface area (Å²) in [6, 6.07) is -0.455. The van der Waals surface area contributed by atoms with Gasteiger partial charge in [-0.3, -0.25) is 10.1 Å². The van der Waals surface area contributed by atoms with E-state index in [1.54, 1.807) is 0 Å². The number of carbonyl (C=O) groups is 2. The molecule has 4 saturated carbocycles. The van der Waals surface area contributed by atoms with E-state index in [1.165, 1.54) is 49.9 Å². The zero-order valence-electron chi connectivity index (χ0n) is 13.4. The van der Waals surface area contributed by atoms with Gasteiger partial charge in [-0.25, -0.2) is 9.78 Å². The number of urea groups is 1. The Kier molecular flexibility index (Phi) is 3.67. The molecule has 124 valence electrons. The van der Waals surface area contributed by atoms with Gasteiger partial charge in [-0.2, -0.15) is 0 Å². The average molecular weight is 333 g/mol. The number of thiazole rings is 1. The molecule has 4 aliphatic rings. The lowest BCUT2D eigenvalue weighted by Crippen LogP contribution is -2.48. The number of nitrogens with one attached hydrogen (secondary N) is 2. The van der Waals surface area contributed by atoms with Gasteiger partial charge in [0.25, 0.3) is 5.91 Å². The first-order valence-electron chi connectivity index (χ1n) is 8.63. The molecule has 1 aromatic heterocycles. The van der Waals surface area contributed by atoms with Crippen molar-refractivity contribution < 1.29 is 9.59 Å². The highest BCUT2D eigenvalue weighted by Gasteiger charge is 2.52. The van der Waals surface area contributed by atoms with Gasteiger partial charge < -0.3 is 5.32 Å². The van der Waals surface area contributed by atoms with Gasteiger partial charge in [0.1, 0.15) is 0 Å². The second-order valence-corrected chi connectivity index (χ2v) is 8.41. The van der Waals surface area contributed by atoms with E-state index in [2.05, 4.69) is 21.0 Å². The van der Waals surface area contributed by atoms with Gasteiger partial charge in [0.2, 0.25) is 0 Å². The van der Waals surface area contributed by atoms with Crippen LogP contribution in [0.25, 0.3) is 0 Å². The molecule has 1 aromatic rings. The predicted octanol–water partition coefficient (Wildman–Crippen LogP) is 3.07. The van der Waals surface area contributed by atoms with Crippen molar-refractivity contribution >= 4 is 23.3 Å². The highest BCUT2D eigenvalue weighted by Crippen LogP contribution is 2.60. The molecule has 0 aromatic carbocycles. The Morgan fingerprint density at radius 2 is 1.83 bits per heavy atom. The summed E-state index contributed by atoms with van der Waals surface area (Å²) in [7, 11) is 0. The molecule has 0 radical (unpaired) electrons. The number of hydrogen-bond donors (Lipinski definition) is 2. The van der Waals surface area contributed by atoms with Crippen molar-refractivity contribution in [3.8, 4) is 0 Å². The third-order valence-corrected chi connectivity index (χ3v) is 6.69. The summed E-state index contributed by atoms with van der Waals surface area (Å²) in [6.07, 6.45) is 7.90. The molecule has 2 N–H and O–H groups in total. The number of imide groups is 1. The van der Waals surface area contributed by atoms with Crippen LogP contribution in [0.1, 0.15) is 60.9 Å². The third-order valence-electron chi connectivity index (χ3n) is 5.84. The average Bonchev–Trinajstić information content (AvgIpc) is 2.96. The second-order valence-electron chi connectivity index (χ2n) is 7.55. The Balaban J connectivity index is 1.52. The van der Waals surface area contributed by atoms with Crippen LogP contribution in [-0.2, 0) is 5.41 Å². The first-order chi connectivity index (χ1) is 11.1. The monoisotopic (exact) mass is 333 g/mol. The first kappa shape index (κ1) is 15.1. The maximum absolute atomic E-state index is 12.1. The smallest absolute Gasteiger partial charge is 0.321 e. The van der Waals surface area contributed by atoms with Crippen LogP contribution in [0.2, 0.25) is 0 Å². The molecular formula is C17H23N3O2S. The van der Waals surface area contributed by atoms with Gasteiger partial charge >= 0.3 is 6.03 Å². The summed E-state index contributed by atoms with van der Waals surface area (Å²) in [5.41, 5.74) is 1.30. The van der Waals surface area contributed by atoms with Crippen molar-refractivity contribution in [3.05, 3.63) is 16.1 Å². The zero-order valence-corrected chi connectivity index (χ0v) is 14.2. The van der Waals surface area contributed by atoms with Crippen molar-refractivity contribution in [1.82, 2.24) is 15.6 Å². The Hall–Kier alpha value is -1.43. The van der Waals surface area contributed by atoms with E-state index in [0.29, 0.717) is 11.6 Å². The summed E-state index contributed by atoms with van der Waals surface area (Å²) >= 11 is 1.36. The summed E-state index contributed by atoms with van der Waals surface area (Å²) < 4.78 is 0. The molecular weight excluding hydrogens is 310 g/mol. The van der Waals surface area contributed by atoms with Gasteiger partial charge in [-0.15, -0.1) is 11.3 Å². The molecule has 23 heavy (non-hydrogen) atoms.